The third-order valence-corrected chi connectivity index (χ3v) is 10.3. The summed E-state index contributed by atoms with van der Waals surface area (Å²) in [5.41, 5.74) is 1.18. The summed E-state index contributed by atoms with van der Waals surface area (Å²) in [6.45, 7) is 7.36. The molecule has 1 aliphatic carbocycles. The lowest BCUT2D eigenvalue weighted by molar-refractivity contribution is 0.136. The average molecular weight is 507 g/mol. The molecule has 1 aromatic heterocycles. The molecule has 3 aromatic rings. The molecule has 0 aliphatic heterocycles. The van der Waals surface area contributed by atoms with Gasteiger partial charge in [0.05, 0.1) is 17.9 Å². The molecular weight excluding hydrogens is 473 g/mol. The monoisotopic (exact) mass is 506 g/mol. The van der Waals surface area contributed by atoms with Crippen LogP contribution >= 0.6 is 18.9 Å². The highest BCUT2D eigenvalue weighted by molar-refractivity contribution is 7.54. The molecule has 7 heteroatoms. The van der Waals surface area contributed by atoms with Crippen LogP contribution < -0.4 is 0 Å². The minimum Gasteiger partial charge on any atom is -0.305 e. The lowest BCUT2D eigenvalue weighted by Gasteiger charge is -2.31. The van der Waals surface area contributed by atoms with Gasteiger partial charge in [0, 0.05) is 9.58 Å². The van der Waals surface area contributed by atoms with Crippen LogP contribution in [-0.4, -0.2) is 12.2 Å². The van der Waals surface area contributed by atoms with Crippen LogP contribution in [0.2, 0.25) is 0 Å². The fourth-order valence-corrected chi connectivity index (χ4v) is 9.17. The number of benzene rings is 2. The highest BCUT2D eigenvalue weighted by Crippen LogP contribution is 2.66. The smallest absolute Gasteiger partial charge is 0.305 e. The van der Waals surface area contributed by atoms with E-state index in [1.54, 1.807) is 17.4 Å². The molecule has 3 nitrogen and oxygen atoms in total. The van der Waals surface area contributed by atoms with E-state index in [0.29, 0.717) is 11.5 Å². The summed E-state index contributed by atoms with van der Waals surface area (Å²) >= 11 is 1.63. The standard InChI is InChI=1S/C27H33F2O3PS/c1-17(2)31-33(30,32-18(3)4)24(16-19-13-14-22(28)23(29)15-19)27-26(20-9-5-6-10-20)21-11-7-8-12-25(21)34-27/h7-8,11-15,17-18,20,24H,5-6,9-10,16H2,1-4H3. The second-order valence-electron chi connectivity index (χ2n) is 9.67. The number of thiophene rings is 1. The Morgan fingerprint density at radius 3 is 2.24 bits per heavy atom. The van der Waals surface area contributed by atoms with Crippen molar-refractivity contribution in [1.29, 1.82) is 0 Å². The highest BCUT2D eigenvalue weighted by atomic mass is 32.1. The van der Waals surface area contributed by atoms with E-state index in [9.17, 15) is 13.3 Å². The minimum atomic E-state index is -3.68. The highest BCUT2D eigenvalue weighted by Gasteiger charge is 2.43. The molecule has 1 atom stereocenters. The molecule has 1 saturated carbocycles. The fourth-order valence-electron chi connectivity index (χ4n) is 4.96. The Kier molecular flexibility index (Phi) is 7.93. The molecule has 4 rings (SSSR count). The van der Waals surface area contributed by atoms with Crippen molar-refractivity contribution in [3.63, 3.8) is 0 Å². The lowest BCUT2D eigenvalue weighted by Crippen LogP contribution is -2.16. The van der Waals surface area contributed by atoms with Crippen molar-refractivity contribution in [2.75, 3.05) is 0 Å². The number of hydrogen-bond acceptors (Lipinski definition) is 4. The van der Waals surface area contributed by atoms with E-state index < -0.39 is 24.9 Å². The average Bonchev–Trinajstić information content (AvgIpc) is 3.40. The van der Waals surface area contributed by atoms with E-state index in [2.05, 4.69) is 12.1 Å². The van der Waals surface area contributed by atoms with E-state index in [0.717, 1.165) is 28.5 Å². The molecule has 1 aliphatic rings. The van der Waals surface area contributed by atoms with E-state index >= 15 is 0 Å². The van der Waals surface area contributed by atoms with Crippen molar-refractivity contribution in [2.24, 2.45) is 0 Å². The first-order valence-electron chi connectivity index (χ1n) is 12.1. The van der Waals surface area contributed by atoms with Crippen LogP contribution in [0.4, 0.5) is 8.78 Å². The van der Waals surface area contributed by atoms with Gasteiger partial charge in [0.1, 0.15) is 0 Å². The molecule has 1 unspecified atom stereocenters. The Balaban J connectivity index is 1.91. The Morgan fingerprint density at radius 2 is 1.62 bits per heavy atom. The van der Waals surface area contributed by atoms with Gasteiger partial charge in [-0.1, -0.05) is 37.1 Å². The van der Waals surface area contributed by atoms with Gasteiger partial charge >= 0.3 is 7.60 Å². The van der Waals surface area contributed by atoms with Gasteiger partial charge in [-0.05, 0) is 87.6 Å². The van der Waals surface area contributed by atoms with Gasteiger partial charge in [0.15, 0.2) is 11.6 Å². The summed E-state index contributed by atoms with van der Waals surface area (Å²) in [5.74, 6) is -1.42. The Bertz CT molecular complexity index is 1170. The summed E-state index contributed by atoms with van der Waals surface area (Å²) in [6.07, 6.45) is 4.12. The molecule has 1 heterocycles. The first-order chi connectivity index (χ1) is 16.2. The maximum Gasteiger partial charge on any atom is 0.339 e. The van der Waals surface area contributed by atoms with Crippen molar-refractivity contribution >= 4 is 29.0 Å². The Morgan fingerprint density at radius 1 is 0.971 bits per heavy atom. The van der Waals surface area contributed by atoms with Gasteiger partial charge in [-0.25, -0.2) is 8.78 Å². The van der Waals surface area contributed by atoms with Crippen molar-refractivity contribution in [3.05, 3.63) is 70.1 Å². The second kappa shape index (κ2) is 10.6. The normalized spacial score (nSPS) is 16.2. The van der Waals surface area contributed by atoms with E-state index in [1.165, 1.54) is 29.9 Å². The molecular formula is C27H33F2O3PS. The van der Waals surface area contributed by atoms with Crippen LogP contribution in [0, 0.1) is 11.6 Å². The van der Waals surface area contributed by atoms with Gasteiger partial charge < -0.3 is 9.05 Å². The van der Waals surface area contributed by atoms with Crippen LogP contribution in [0.1, 0.15) is 81.0 Å². The van der Waals surface area contributed by atoms with Crippen LogP contribution in [0.3, 0.4) is 0 Å². The topological polar surface area (TPSA) is 35.5 Å². The maximum atomic E-state index is 14.5. The Labute approximate surface area is 205 Å². The number of rotatable bonds is 9. The van der Waals surface area contributed by atoms with Crippen molar-refractivity contribution in [3.8, 4) is 0 Å². The number of fused-ring (bicyclic) bond motifs is 1. The minimum absolute atomic E-state index is 0.237. The van der Waals surface area contributed by atoms with Crippen molar-refractivity contribution in [2.45, 2.75) is 83.6 Å². The van der Waals surface area contributed by atoms with Crippen LogP contribution in [-0.2, 0) is 20.0 Å². The third-order valence-electron chi connectivity index (χ3n) is 6.24. The first kappa shape index (κ1) is 25.5. The predicted octanol–water partition coefficient (Wildman–Crippen LogP) is 9.16. The zero-order valence-electron chi connectivity index (χ0n) is 20.2. The van der Waals surface area contributed by atoms with Gasteiger partial charge in [0.25, 0.3) is 0 Å². The van der Waals surface area contributed by atoms with Crippen LogP contribution in [0.25, 0.3) is 10.1 Å². The van der Waals surface area contributed by atoms with Gasteiger partial charge in [-0.2, -0.15) is 0 Å². The second-order valence-corrected chi connectivity index (χ2v) is 12.9. The quantitative estimate of drug-likeness (QED) is 0.271. The molecule has 2 aromatic carbocycles. The van der Waals surface area contributed by atoms with Gasteiger partial charge in [0.2, 0.25) is 0 Å². The molecule has 0 bridgehead atoms. The molecule has 0 amide bonds. The zero-order valence-corrected chi connectivity index (χ0v) is 21.9. The zero-order chi connectivity index (χ0) is 24.5. The summed E-state index contributed by atoms with van der Waals surface area (Å²) in [6, 6.07) is 12.2. The summed E-state index contributed by atoms with van der Waals surface area (Å²) in [4.78, 5) is 0.988. The van der Waals surface area contributed by atoms with Crippen LogP contribution in [0.15, 0.2) is 42.5 Å². The maximum absolute atomic E-state index is 14.5. The molecule has 0 radical (unpaired) electrons. The van der Waals surface area contributed by atoms with Crippen molar-refractivity contribution < 1.29 is 22.4 Å². The van der Waals surface area contributed by atoms with E-state index in [-0.39, 0.29) is 18.6 Å². The fraction of sp³-hybridized carbons (Fsp3) is 0.481. The molecule has 0 saturated heterocycles. The summed E-state index contributed by atoms with van der Waals surface area (Å²) in [7, 11) is -3.68. The van der Waals surface area contributed by atoms with Crippen LogP contribution in [0.5, 0.6) is 0 Å². The molecule has 0 N–H and O–H groups in total. The number of hydrogen-bond donors (Lipinski definition) is 0. The summed E-state index contributed by atoms with van der Waals surface area (Å²) < 4.78 is 55.6. The molecule has 0 spiro atoms. The van der Waals surface area contributed by atoms with E-state index in [4.69, 9.17) is 9.05 Å². The predicted molar refractivity (Wildman–Crippen MR) is 136 cm³/mol. The SMILES string of the molecule is CC(C)OP(=O)(OC(C)C)C(Cc1ccc(F)c(F)c1)c1sc2ccccc2c1C1CCCC1. The molecule has 34 heavy (non-hydrogen) atoms. The largest absolute Gasteiger partial charge is 0.339 e. The first-order valence-corrected chi connectivity index (χ1v) is 14.5. The Hall–Kier alpha value is -1.59. The van der Waals surface area contributed by atoms with E-state index in [1.807, 2.05) is 39.8 Å². The number of halogens is 2. The molecule has 1 fully saturated rings. The lowest BCUT2D eigenvalue weighted by atomic mass is 9.92. The van der Waals surface area contributed by atoms with Crippen molar-refractivity contribution in [1.82, 2.24) is 0 Å². The third kappa shape index (κ3) is 5.46. The summed E-state index contributed by atoms with van der Waals surface area (Å²) in [5, 5.41) is 1.19. The molecule has 184 valence electrons. The van der Waals surface area contributed by atoms with Gasteiger partial charge in [-0.15, -0.1) is 11.3 Å². The van der Waals surface area contributed by atoms with Gasteiger partial charge in [-0.3, -0.25) is 4.57 Å².